The molecule has 1 heterocycles. The Bertz CT molecular complexity index is 863. The Morgan fingerprint density at radius 3 is 2.44 bits per heavy atom. The van der Waals surface area contributed by atoms with Crippen LogP contribution in [0.25, 0.3) is 0 Å². The van der Waals surface area contributed by atoms with Gasteiger partial charge in [-0.15, -0.1) is 0 Å². The highest BCUT2D eigenvalue weighted by molar-refractivity contribution is 5.75. The summed E-state index contributed by atoms with van der Waals surface area (Å²) in [4.78, 5) is 11.5. The zero-order valence-electron chi connectivity index (χ0n) is 14.8. The summed E-state index contributed by atoms with van der Waals surface area (Å²) < 4.78 is 7.50. The fraction of sp³-hybridized carbons (Fsp3) is 0.421. The van der Waals surface area contributed by atoms with Crippen molar-refractivity contribution in [3.05, 3.63) is 40.7 Å². The second-order valence-corrected chi connectivity index (χ2v) is 7.11. The van der Waals surface area contributed by atoms with Crippen LogP contribution in [0.4, 0.5) is 0 Å². The molecule has 0 saturated heterocycles. The topological polar surface area (TPSA) is 88.1 Å². The van der Waals surface area contributed by atoms with E-state index < -0.39 is 11.5 Å². The normalized spacial score (nSPS) is 14.2. The number of ether oxygens (including phenoxy) is 1. The van der Waals surface area contributed by atoms with Crippen LogP contribution in [-0.4, -0.2) is 20.9 Å². The molecular weight excluding hydrogens is 318 g/mol. The van der Waals surface area contributed by atoms with Crippen molar-refractivity contribution in [3.63, 3.8) is 0 Å². The van der Waals surface area contributed by atoms with Crippen LogP contribution in [0.5, 0.6) is 11.5 Å². The monoisotopic (exact) mass is 339 g/mol. The highest BCUT2D eigenvalue weighted by Crippen LogP contribution is 2.45. The second kappa shape index (κ2) is 5.92. The zero-order chi connectivity index (χ0) is 18.4. The Hall–Kier alpha value is -2.81. The largest absolute Gasteiger partial charge is 0.479 e. The van der Waals surface area contributed by atoms with Gasteiger partial charge in [-0.1, -0.05) is 0 Å². The summed E-state index contributed by atoms with van der Waals surface area (Å²) in [6, 6.07) is 5.84. The summed E-state index contributed by atoms with van der Waals surface area (Å²) in [6.45, 7) is 6.96. The van der Waals surface area contributed by atoms with Crippen molar-refractivity contribution >= 4 is 5.97 Å². The van der Waals surface area contributed by atoms with Gasteiger partial charge in [0.15, 0.2) is 11.3 Å². The summed E-state index contributed by atoms with van der Waals surface area (Å²) in [5, 5.41) is 23.1. The van der Waals surface area contributed by atoms with Crippen LogP contribution in [0.1, 0.15) is 55.0 Å². The van der Waals surface area contributed by atoms with Crippen molar-refractivity contribution in [2.75, 3.05) is 0 Å². The van der Waals surface area contributed by atoms with E-state index in [1.165, 1.54) is 4.68 Å². The number of carbonyl (C=O) groups is 1. The predicted octanol–water partition coefficient (Wildman–Crippen LogP) is 3.86. The van der Waals surface area contributed by atoms with E-state index in [2.05, 4.69) is 11.2 Å². The van der Waals surface area contributed by atoms with Gasteiger partial charge in [-0.05, 0) is 63.8 Å². The third-order valence-corrected chi connectivity index (χ3v) is 4.61. The molecule has 1 saturated carbocycles. The van der Waals surface area contributed by atoms with E-state index in [1.54, 1.807) is 20.0 Å². The van der Waals surface area contributed by atoms with Crippen LogP contribution in [-0.2, 0) is 10.3 Å². The molecule has 1 aliphatic carbocycles. The molecule has 1 aliphatic rings. The van der Waals surface area contributed by atoms with Crippen molar-refractivity contribution in [2.45, 2.75) is 52.0 Å². The van der Waals surface area contributed by atoms with E-state index in [-0.39, 0.29) is 0 Å². The molecule has 0 radical (unpaired) electrons. The predicted molar refractivity (Wildman–Crippen MR) is 91.9 cm³/mol. The Morgan fingerprint density at radius 2 is 1.96 bits per heavy atom. The standard InChI is InChI=1S/C19H21N3O3/c1-11-7-14(8-12(2)15(11)9-20)25-16-10-22(19(3,4)18(23)24)21-17(16)13-5-6-13/h7-8,10,13H,5-6H2,1-4H3,(H,23,24). The number of nitrogens with zero attached hydrogens (tertiary/aromatic N) is 3. The molecule has 130 valence electrons. The van der Waals surface area contributed by atoms with Gasteiger partial charge in [0.05, 0.1) is 17.8 Å². The number of carboxylic acid groups (broad SMARTS) is 1. The molecule has 0 aliphatic heterocycles. The van der Waals surface area contributed by atoms with Gasteiger partial charge in [-0.3, -0.25) is 4.68 Å². The first-order valence-electron chi connectivity index (χ1n) is 8.26. The minimum Gasteiger partial charge on any atom is -0.479 e. The quantitative estimate of drug-likeness (QED) is 0.893. The first-order chi connectivity index (χ1) is 11.7. The third-order valence-electron chi connectivity index (χ3n) is 4.61. The van der Waals surface area contributed by atoms with Crippen LogP contribution in [0.15, 0.2) is 18.3 Å². The fourth-order valence-electron chi connectivity index (χ4n) is 2.76. The molecule has 3 rings (SSSR count). The SMILES string of the molecule is Cc1cc(Oc2cn(C(C)(C)C(=O)O)nc2C2CC2)cc(C)c1C#N. The Kier molecular flexibility index (Phi) is 4.03. The molecule has 0 amide bonds. The summed E-state index contributed by atoms with van der Waals surface area (Å²) in [5.41, 5.74) is 2.00. The summed E-state index contributed by atoms with van der Waals surface area (Å²) in [6.07, 6.45) is 3.73. The van der Waals surface area contributed by atoms with E-state index in [0.717, 1.165) is 29.7 Å². The van der Waals surface area contributed by atoms with Gasteiger partial charge < -0.3 is 9.84 Å². The minimum atomic E-state index is -1.15. The van der Waals surface area contributed by atoms with Gasteiger partial charge in [0.2, 0.25) is 0 Å². The van der Waals surface area contributed by atoms with E-state index in [9.17, 15) is 15.2 Å². The Labute approximate surface area is 146 Å². The molecule has 0 unspecified atom stereocenters. The first-order valence-corrected chi connectivity index (χ1v) is 8.26. The van der Waals surface area contributed by atoms with E-state index in [1.807, 2.05) is 26.0 Å². The maximum absolute atomic E-state index is 11.5. The van der Waals surface area contributed by atoms with Crippen molar-refractivity contribution in [3.8, 4) is 17.6 Å². The number of aryl methyl sites for hydroxylation is 2. The van der Waals surface area contributed by atoms with Gasteiger partial charge in [-0.25, -0.2) is 4.79 Å². The van der Waals surface area contributed by atoms with Gasteiger partial charge >= 0.3 is 5.97 Å². The van der Waals surface area contributed by atoms with Crippen molar-refractivity contribution in [2.24, 2.45) is 0 Å². The molecule has 0 bridgehead atoms. The third kappa shape index (κ3) is 3.10. The van der Waals surface area contributed by atoms with Crippen molar-refractivity contribution in [1.82, 2.24) is 9.78 Å². The van der Waals surface area contributed by atoms with Gasteiger partial charge in [-0.2, -0.15) is 10.4 Å². The first kappa shape index (κ1) is 17.0. The molecule has 1 fully saturated rings. The Morgan fingerprint density at radius 1 is 1.36 bits per heavy atom. The Balaban J connectivity index is 1.99. The van der Waals surface area contributed by atoms with Crippen LogP contribution >= 0.6 is 0 Å². The molecule has 25 heavy (non-hydrogen) atoms. The van der Waals surface area contributed by atoms with Gasteiger partial charge in [0.25, 0.3) is 0 Å². The lowest BCUT2D eigenvalue weighted by Gasteiger charge is -2.19. The number of benzene rings is 1. The van der Waals surface area contributed by atoms with Crippen LogP contribution in [0.3, 0.4) is 0 Å². The molecule has 0 atom stereocenters. The lowest BCUT2D eigenvalue weighted by Crippen LogP contribution is -2.36. The van der Waals surface area contributed by atoms with Crippen molar-refractivity contribution < 1.29 is 14.6 Å². The zero-order valence-corrected chi connectivity index (χ0v) is 14.8. The number of hydrogen-bond acceptors (Lipinski definition) is 4. The maximum Gasteiger partial charge on any atom is 0.331 e. The number of hydrogen-bond donors (Lipinski definition) is 1. The van der Waals surface area contributed by atoms with Gasteiger partial charge in [0.1, 0.15) is 11.4 Å². The van der Waals surface area contributed by atoms with Crippen LogP contribution in [0.2, 0.25) is 0 Å². The molecule has 1 N–H and O–H groups in total. The molecule has 1 aromatic heterocycles. The highest BCUT2D eigenvalue weighted by atomic mass is 16.5. The molecule has 0 spiro atoms. The second-order valence-electron chi connectivity index (χ2n) is 7.11. The lowest BCUT2D eigenvalue weighted by molar-refractivity contribution is -0.146. The van der Waals surface area contributed by atoms with Crippen LogP contribution < -0.4 is 4.74 Å². The number of aliphatic carboxylic acids is 1. The highest BCUT2D eigenvalue weighted by Gasteiger charge is 2.36. The maximum atomic E-state index is 11.5. The molecule has 1 aromatic carbocycles. The average molecular weight is 339 g/mol. The van der Waals surface area contributed by atoms with Gasteiger partial charge in [0, 0.05) is 5.92 Å². The molecule has 6 nitrogen and oxygen atoms in total. The number of aromatic nitrogens is 2. The molecular formula is C19H21N3O3. The van der Waals surface area contributed by atoms with Crippen LogP contribution in [0, 0.1) is 25.2 Å². The summed E-state index contributed by atoms with van der Waals surface area (Å²) in [5.74, 6) is 0.583. The lowest BCUT2D eigenvalue weighted by atomic mass is 10.0. The smallest absolute Gasteiger partial charge is 0.331 e. The van der Waals surface area contributed by atoms with Crippen molar-refractivity contribution in [1.29, 1.82) is 5.26 Å². The average Bonchev–Trinajstić information content (AvgIpc) is 3.27. The molecule has 6 heteroatoms. The fourth-order valence-corrected chi connectivity index (χ4v) is 2.76. The molecule has 2 aromatic rings. The summed E-state index contributed by atoms with van der Waals surface area (Å²) in [7, 11) is 0. The number of nitriles is 1. The van der Waals surface area contributed by atoms with E-state index >= 15 is 0 Å². The van der Waals surface area contributed by atoms with E-state index in [0.29, 0.717) is 23.0 Å². The number of rotatable bonds is 5. The van der Waals surface area contributed by atoms with E-state index in [4.69, 9.17) is 4.74 Å². The minimum absolute atomic E-state index is 0.321. The number of carboxylic acids is 1. The summed E-state index contributed by atoms with van der Waals surface area (Å²) >= 11 is 0.